The molecule has 25 heavy (non-hydrogen) atoms. The number of nitrogens with zero attached hydrogens (tertiary/aromatic N) is 1. The number of carbonyl (C=O) groups excluding carboxylic acids is 1. The predicted molar refractivity (Wildman–Crippen MR) is 99.4 cm³/mol. The van der Waals surface area contributed by atoms with E-state index in [2.05, 4.69) is 10.5 Å². The van der Waals surface area contributed by atoms with Crippen LogP contribution in [0.25, 0.3) is 10.8 Å². The molecule has 2 N–H and O–H groups in total. The molecule has 0 heterocycles. The fraction of sp³-hybridized carbons (Fsp3) is 0.0526. The van der Waals surface area contributed by atoms with Gasteiger partial charge < -0.3 is 5.11 Å². The molecule has 0 fully saturated rings. The van der Waals surface area contributed by atoms with Crippen LogP contribution in [0.15, 0.2) is 65.8 Å². The Kier molecular flexibility index (Phi) is 4.86. The maximum absolute atomic E-state index is 11.8. The maximum atomic E-state index is 11.8. The van der Waals surface area contributed by atoms with E-state index in [1.807, 2.05) is 30.3 Å². The molecule has 0 radical (unpaired) electrons. The van der Waals surface area contributed by atoms with Crippen molar-refractivity contribution in [3.05, 3.63) is 71.2 Å². The monoisotopic (exact) mass is 354 g/mol. The number of halogens is 1. The summed E-state index contributed by atoms with van der Waals surface area (Å²) in [4.78, 5) is 16.7. The number of anilines is 1. The summed E-state index contributed by atoms with van der Waals surface area (Å²) < 4.78 is 0. The Bertz CT molecular complexity index is 970. The molecule has 5 nitrogen and oxygen atoms in total. The van der Waals surface area contributed by atoms with Crippen molar-refractivity contribution in [1.29, 1.82) is 0 Å². The van der Waals surface area contributed by atoms with Crippen molar-refractivity contribution in [2.24, 2.45) is 5.16 Å². The molecule has 3 aromatic carbocycles. The highest BCUT2D eigenvalue weighted by Crippen LogP contribution is 2.29. The number of aromatic hydroxyl groups is 1. The quantitative estimate of drug-likeness (QED) is 0.387. The molecule has 0 unspecified atom stereocenters. The number of hydrogen-bond donors (Lipinski definition) is 2. The molecule has 3 rings (SSSR count). The minimum absolute atomic E-state index is 0.0956. The number of rotatable bonds is 3. The summed E-state index contributed by atoms with van der Waals surface area (Å²) >= 11 is 5.85. The first-order valence-electron chi connectivity index (χ1n) is 7.54. The Morgan fingerprint density at radius 3 is 2.72 bits per heavy atom. The van der Waals surface area contributed by atoms with Crippen molar-refractivity contribution >= 4 is 39.9 Å². The molecular weight excluding hydrogens is 340 g/mol. The zero-order valence-electron chi connectivity index (χ0n) is 13.4. The number of carbonyl (C=O) groups is 1. The smallest absolute Gasteiger partial charge is 0.437 e. The van der Waals surface area contributed by atoms with E-state index in [0.717, 1.165) is 5.39 Å². The number of fused-ring (bicyclic) bond motifs is 1. The van der Waals surface area contributed by atoms with Crippen molar-refractivity contribution in [3.8, 4) is 5.75 Å². The zero-order valence-corrected chi connectivity index (χ0v) is 14.1. The highest BCUT2D eigenvalue weighted by Gasteiger charge is 2.10. The fourth-order valence-corrected chi connectivity index (χ4v) is 2.60. The number of benzene rings is 3. The van der Waals surface area contributed by atoms with Gasteiger partial charge in [0.1, 0.15) is 5.75 Å². The molecule has 0 saturated heterocycles. The van der Waals surface area contributed by atoms with Gasteiger partial charge in [-0.3, -0.25) is 10.2 Å². The topological polar surface area (TPSA) is 70.9 Å². The maximum Gasteiger partial charge on any atom is 0.437 e. The van der Waals surface area contributed by atoms with Crippen LogP contribution >= 0.6 is 11.6 Å². The largest absolute Gasteiger partial charge is 0.507 e. The number of hydrogen-bond acceptors (Lipinski definition) is 4. The summed E-state index contributed by atoms with van der Waals surface area (Å²) in [6.07, 6.45) is -0.748. The van der Waals surface area contributed by atoms with Gasteiger partial charge >= 0.3 is 6.09 Å². The van der Waals surface area contributed by atoms with Crippen LogP contribution in [0, 0.1) is 0 Å². The standard InChI is InChI=1S/C19H15ClN2O3/c1-12(16-10-9-13-5-2-3-8-17(13)18(16)23)22-25-19(24)21-15-7-4-6-14(20)11-15/h2-11,23H,1H3,(H,21,24)/b22-12-. The van der Waals surface area contributed by atoms with E-state index in [-0.39, 0.29) is 5.75 Å². The molecule has 0 spiro atoms. The average molecular weight is 355 g/mol. The molecule has 6 heteroatoms. The van der Waals surface area contributed by atoms with Crippen molar-refractivity contribution < 1.29 is 14.7 Å². The van der Waals surface area contributed by atoms with Crippen LogP contribution in [-0.4, -0.2) is 16.9 Å². The van der Waals surface area contributed by atoms with Crippen LogP contribution in [0.5, 0.6) is 5.75 Å². The molecule has 0 aliphatic rings. The van der Waals surface area contributed by atoms with Crippen LogP contribution in [0.3, 0.4) is 0 Å². The van der Waals surface area contributed by atoms with E-state index in [0.29, 0.717) is 27.4 Å². The van der Waals surface area contributed by atoms with Crippen molar-refractivity contribution in [2.75, 3.05) is 5.32 Å². The minimum Gasteiger partial charge on any atom is -0.507 e. The molecule has 1 amide bonds. The summed E-state index contributed by atoms with van der Waals surface area (Å²) in [5, 5.41) is 18.8. The molecule has 0 atom stereocenters. The first-order chi connectivity index (χ1) is 12.0. The van der Waals surface area contributed by atoms with Crippen LogP contribution < -0.4 is 5.32 Å². The number of phenols is 1. The lowest BCUT2D eigenvalue weighted by Crippen LogP contribution is -2.12. The van der Waals surface area contributed by atoms with Gasteiger partial charge in [-0.2, -0.15) is 0 Å². The van der Waals surface area contributed by atoms with Gasteiger partial charge in [0.25, 0.3) is 0 Å². The summed E-state index contributed by atoms with van der Waals surface area (Å²) in [5.41, 5.74) is 1.37. The summed E-state index contributed by atoms with van der Waals surface area (Å²) in [6.45, 7) is 1.65. The van der Waals surface area contributed by atoms with Crippen molar-refractivity contribution in [1.82, 2.24) is 0 Å². The van der Waals surface area contributed by atoms with Crippen LogP contribution in [0.2, 0.25) is 5.02 Å². The highest BCUT2D eigenvalue weighted by atomic mass is 35.5. The predicted octanol–water partition coefficient (Wildman–Crippen LogP) is 5.17. The van der Waals surface area contributed by atoms with Gasteiger partial charge in [-0.25, -0.2) is 4.79 Å². The average Bonchev–Trinajstić information content (AvgIpc) is 2.60. The van der Waals surface area contributed by atoms with Gasteiger partial charge in [0.05, 0.1) is 5.71 Å². The Morgan fingerprint density at radius 1 is 1.12 bits per heavy atom. The number of nitrogens with one attached hydrogen (secondary N) is 1. The summed E-state index contributed by atoms with van der Waals surface area (Å²) in [6, 6.07) is 17.7. The SMILES string of the molecule is C/C(=N/OC(=O)Nc1cccc(Cl)c1)c1ccc2ccccc2c1O. The van der Waals surface area contributed by atoms with Crippen molar-refractivity contribution in [3.63, 3.8) is 0 Å². The molecule has 0 aliphatic carbocycles. The van der Waals surface area contributed by atoms with Crippen LogP contribution in [-0.2, 0) is 4.84 Å². The van der Waals surface area contributed by atoms with Crippen LogP contribution in [0.4, 0.5) is 10.5 Å². The summed E-state index contributed by atoms with van der Waals surface area (Å²) in [5.74, 6) is 0.0956. The van der Waals surface area contributed by atoms with E-state index in [9.17, 15) is 9.90 Å². The number of amides is 1. The van der Waals surface area contributed by atoms with Gasteiger partial charge in [0.2, 0.25) is 0 Å². The highest BCUT2D eigenvalue weighted by molar-refractivity contribution is 6.30. The van der Waals surface area contributed by atoms with Crippen molar-refractivity contribution in [2.45, 2.75) is 6.92 Å². The third-order valence-corrected chi connectivity index (χ3v) is 3.86. The Labute approximate surface area is 149 Å². The second-order valence-corrected chi connectivity index (χ2v) is 5.81. The van der Waals surface area contributed by atoms with Gasteiger partial charge in [0.15, 0.2) is 0 Å². The van der Waals surface area contributed by atoms with E-state index >= 15 is 0 Å². The Balaban J connectivity index is 1.75. The molecule has 126 valence electrons. The third-order valence-electron chi connectivity index (χ3n) is 3.63. The molecule has 0 saturated carbocycles. The first-order valence-corrected chi connectivity index (χ1v) is 7.91. The third kappa shape index (κ3) is 3.89. The lowest BCUT2D eigenvalue weighted by atomic mass is 10.0. The molecule has 0 aliphatic heterocycles. The summed E-state index contributed by atoms with van der Waals surface area (Å²) in [7, 11) is 0. The Morgan fingerprint density at radius 2 is 1.92 bits per heavy atom. The fourth-order valence-electron chi connectivity index (χ4n) is 2.41. The second kappa shape index (κ2) is 7.23. The lowest BCUT2D eigenvalue weighted by molar-refractivity contribution is 0.166. The van der Waals surface area contributed by atoms with Crippen LogP contribution in [0.1, 0.15) is 12.5 Å². The van der Waals surface area contributed by atoms with Gasteiger partial charge in [-0.05, 0) is 36.6 Å². The normalized spacial score (nSPS) is 11.4. The first kappa shape index (κ1) is 16.8. The second-order valence-electron chi connectivity index (χ2n) is 5.37. The minimum atomic E-state index is -0.748. The van der Waals surface area contributed by atoms with E-state index in [1.165, 1.54) is 0 Å². The number of oxime groups is 1. The molecule has 0 aromatic heterocycles. The zero-order chi connectivity index (χ0) is 17.8. The number of phenolic OH excluding ortho intramolecular Hbond substituents is 1. The van der Waals surface area contributed by atoms with E-state index < -0.39 is 6.09 Å². The molecule has 3 aromatic rings. The van der Waals surface area contributed by atoms with Gasteiger partial charge in [0, 0.05) is 21.7 Å². The van der Waals surface area contributed by atoms with Gasteiger partial charge in [-0.15, -0.1) is 0 Å². The lowest BCUT2D eigenvalue weighted by Gasteiger charge is -2.08. The van der Waals surface area contributed by atoms with E-state index in [4.69, 9.17) is 16.4 Å². The van der Waals surface area contributed by atoms with E-state index in [1.54, 1.807) is 37.3 Å². The van der Waals surface area contributed by atoms with Gasteiger partial charge in [-0.1, -0.05) is 53.2 Å². The molecule has 0 bridgehead atoms. The molecular formula is C19H15ClN2O3. The Hall–Kier alpha value is -3.05.